The van der Waals surface area contributed by atoms with E-state index >= 15 is 0 Å². The summed E-state index contributed by atoms with van der Waals surface area (Å²) in [6.45, 7) is 15.3. The molecule has 0 unspecified atom stereocenters. The predicted octanol–water partition coefficient (Wildman–Crippen LogP) is 4.19. The lowest BCUT2D eigenvalue weighted by molar-refractivity contribution is -0.179. The number of hydrogen-bond donors (Lipinski definition) is 3. The SMILES string of the molecule is CC(=O)OC(C)(C)C=CC(=O)[C@](C)(O)[C@H]1[C@H](O)C[C@@]2(C)[C@@H]3CC=C4[C@@H](C=C(O)C(=O)C4(C)C)[C@]3(C)C(=O)C[C@]12C. The monoisotopic (exact) mass is 556 g/mol. The zero-order chi connectivity index (χ0) is 30.4. The number of rotatable bonds is 5. The van der Waals surface area contributed by atoms with Gasteiger partial charge in [-0.3, -0.25) is 19.2 Å². The Hall–Kier alpha value is -2.58. The maximum absolute atomic E-state index is 14.3. The van der Waals surface area contributed by atoms with Crippen molar-refractivity contribution in [2.75, 3.05) is 0 Å². The van der Waals surface area contributed by atoms with E-state index < -0.39 is 62.6 Å². The molecule has 4 aliphatic carbocycles. The molecule has 0 amide bonds. The molecule has 0 aromatic rings. The van der Waals surface area contributed by atoms with E-state index in [4.69, 9.17) is 4.74 Å². The Morgan fingerprint density at radius 2 is 1.68 bits per heavy atom. The zero-order valence-corrected chi connectivity index (χ0v) is 25.1. The molecule has 0 aromatic heterocycles. The lowest BCUT2D eigenvalue weighted by atomic mass is 9.39. The third-order valence-electron chi connectivity index (χ3n) is 11.2. The summed E-state index contributed by atoms with van der Waals surface area (Å²) in [6.07, 6.45) is 5.89. The molecule has 0 heterocycles. The zero-order valence-electron chi connectivity index (χ0n) is 25.1. The number of ether oxygens (including phenoxy) is 1. The van der Waals surface area contributed by atoms with Crippen LogP contribution in [-0.4, -0.2) is 55.9 Å². The third-order valence-corrected chi connectivity index (χ3v) is 11.2. The number of aliphatic hydroxyl groups is 3. The van der Waals surface area contributed by atoms with Crippen molar-refractivity contribution in [3.05, 3.63) is 35.6 Å². The first-order valence-electron chi connectivity index (χ1n) is 14.1. The van der Waals surface area contributed by atoms with Crippen molar-refractivity contribution in [3.8, 4) is 0 Å². The van der Waals surface area contributed by atoms with E-state index in [2.05, 4.69) is 0 Å². The van der Waals surface area contributed by atoms with Gasteiger partial charge >= 0.3 is 5.97 Å². The fourth-order valence-corrected chi connectivity index (χ4v) is 8.98. The highest BCUT2D eigenvalue weighted by molar-refractivity contribution is 6.02. The van der Waals surface area contributed by atoms with Gasteiger partial charge in [0.05, 0.1) is 11.5 Å². The van der Waals surface area contributed by atoms with E-state index in [-0.39, 0.29) is 36.1 Å². The number of ketones is 3. The normalized spacial score (nSPS) is 40.4. The van der Waals surface area contributed by atoms with Crippen molar-refractivity contribution < 1.29 is 39.2 Å². The van der Waals surface area contributed by atoms with Crippen molar-refractivity contribution in [2.45, 2.75) is 98.9 Å². The van der Waals surface area contributed by atoms with Crippen LogP contribution in [0.2, 0.25) is 0 Å². The maximum Gasteiger partial charge on any atom is 0.303 e. The molecule has 4 rings (SSSR count). The van der Waals surface area contributed by atoms with Gasteiger partial charge in [-0.25, -0.2) is 0 Å². The first-order chi connectivity index (χ1) is 18.1. The van der Waals surface area contributed by atoms with Gasteiger partial charge in [0.1, 0.15) is 17.0 Å². The van der Waals surface area contributed by atoms with Gasteiger partial charge in [0, 0.05) is 30.6 Å². The van der Waals surface area contributed by atoms with E-state index in [1.807, 2.05) is 26.8 Å². The molecule has 0 aliphatic heterocycles. The van der Waals surface area contributed by atoms with Crippen LogP contribution in [0, 0.1) is 39.4 Å². The molecular weight excluding hydrogens is 512 g/mol. The van der Waals surface area contributed by atoms with Gasteiger partial charge < -0.3 is 20.1 Å². The first-order valence-corrected chi connectivity index (χ1v) is 14.1. The van der Waals surface area contributed by atoms with E-state index in [1.165, 1.54) is 32.1 Å². The summed E-state index contributed by atoms with van der Waals surface area (Å²) in [5.74, 6) is -3.61. The van der Waals surface area contributed by atoms with Crippen molar-refractivity contribution in [2.24, 2.45) is 39.4 Å². The van der Waals surface area contributed by atoms with E-state index in [9.17, 15) is 34.5 Å². The van der Waals surface area contributed by atoms with Crippen molar-refractivity contribution in [3.63, 3.8) is 0 Å². The quantitative estimate of drug-likeness (QED) is 0.260. The van der Waals surface area contributed by atoms with Crippen LogP contribution < -0.4 is 0 Å². The molecule has 2 saturated carbocycles. The first kappa shape index (κ1) is 30.4. The molecule has 220 valence electrons. The van der Waals surface area contributed by atoms with Gasteiger partial charge in [-0.15, -0.1) is 0 Å². The smallest absolute Gasteiger partial charge is 0.303 e. The third kappa shape index (κ3) is 4.00. The molecule has 0 spiro atoms. The van der Waals surface area contributed by atoms with Crippen molar-refractivity contribution in [1.82, 2.24) is 0 Å². The Morgan fingerprint density at radius 3 is 2.25 bits per heavy atom. The van der Waals surface area contributed by atoms with Crippen LogP contribution >= 0.6 is 0 Å². The van der Waals surface area contributed by atoms with Gasteiger partial charge in [-0.2, -0.15) is 0 Å². The number of carbonyl (C=O) groups is 4. The molecule has 0 aromatic carbocycles. The molecule has 8 heteroatoms. The highest BCUT2D eigenvalue weighted by atomic mass is 16.6. The molecule has 4 aliphatic rings. The molecule has 3 N–H and O–H groups in total. The molecule has 0 radical (unpaired) electrons. The standard InChI is InChI=1S/C32H44O8/c1-17(33)40-27(2,3)13-12-23(36)32(9,39)25-21(35)15-29(6)22-11-10-18-19(14-20(34)26(38)28(18,4)5)31(22,8)24(37)16-30(25,29)7/h10,12-14,19,21-22,25,34-35,39H,11,15-16H2,1-9H3/t19-,21-,22+,25+,29+,30-,31+,32+/m1/s1. The summed E-state index contributed by atoms with van der Waals surface area (Å²) in [4.78, 5) is 52.0. The van der Waals surface area contributed by atoms with Crippen LogP contribution in [0.1, 0.15) is 81.6 Å². The van der Waals surface area contributed by atoms with Crippen LogP contribution in [0.25, 0.3) is 0 Å². The second kappa shape index (κ2) is 8.96. The van der Waals surface area contributed by atoms with E-state index in [0.717, 1.165) is 5.57 Å². The lowest BCUT2D eigenvalue weighted by Crippen LogP contribution is -2.64. The number of hydrogen-bond acceptors (Lipinski definition) is 8. The minimum Gasteiger partial charge on any atom is -0.505 e. The molecular formula is C32H44O8. The number of carbonyl (C=O) groups excluding carboxylic acids is 4. The van der Waals surface area contributed by atoms with Gasteiger partial charge in [0.2, 0.25) is 5.78 Å². The maximum atomic E-state index is 14.3. The number of fused-ring (bicyclic) bond motifs is 5. The fourth-order valence-electron chi connectivity index (χ4n) is 8.98. The van der Waals surface area contributed by atoms with Gasteiger partial charge in [0.15, 0.2) is 11.5 Å². The van der Waals surface area contributed by atoms with E-state index in [1.54, 1.807) is 27.7 Å². The number of allylic oxidation sites excluding steroid dienone is 4. The van der Waals surface area contributed by atoms with Crippen LogP contribution in [0.4, 0.5) is 0 Å². The molecule has 40 heavy (non-hydrogen) atoms. The van der Waals surface area contributed by atoms with Gasteiger partial charge in [0.25, 0.3) is 0 Å². The number of Topliss-reactive ketones (excluding diaryl/α,β-unsaturated/α-hetero) is 2. The Bertz CT molecular complexity index is 1270. The highest BCUT2D eigenvalue weighted by Gasteiger charge is 2.74. The minimum absolute atomic E-state index is 0.0249. The van der Waals surface area contributed by atoms with Crippen LogP contribution in [-0.2, 0) is 23.9 Å². The average Bonchev–Trinajstić information content (AvgIpc) is 3.01. The molecule has 2 fully saturated rings. The van der Waals surface area contributed by atoms with E-state index in [0.29, 0.717) is 6.42 Å². The Labute approximate surface area is 236 Å². The Balaban J connectivity index is 1.76. The summed E-state index contributed by atoms with van der Waals surface area (Å²) in [5, 5.41) is 33.8. The van der Waals surface area contributed by atoms with Crippen LogP contribution in [0.15, 0.2) is 35.6 Å². The fraction of sp³-hybridized carbons (Fsp3) is 0.688. The Kier molecular flexibility index (Phi) is 6.80. The number of aliphatic hydroxyl groups excluding tert-OH is 2. The predicted molar refractivity (Wildman–Crippen MR) is 148 cm³/mol. The van der Waals surface area contributed by atoms with Crippen LogP contribution in [0.3, 0.4) is 0 Å². The van der Waals surface area contributed by atoms with Gasteiger partial charge in [-0.05, 0) is 82.4 Å². The number of esters is 1. The minimum atomic E-state index is -2.00. The second-order valence-electron chi connectivity index (χ2n) is 14.4. The highest BCUT2D eigenvalue weighted by Crippen LogP contribution is 2.73. The van der Waals surface area contributed by atoms with Crippen molar-refractivity contribution >= 4 is 23.3 Å². The summed E-state index contributed by atoms with van der Waals surface area (Å²) >= 11 is 0. The van der Waals surface area contributed by atoms with Gasteiger partial charge in [-0.1, -0.05) is 32.4 Å². The molecule has 8 nitrogen and oxygen atoms in total. The summed E-state index contributed by atoms with van der Waals surface area (Å²) in [6, 6.07) is 0. The summed E-state index contributed by atoms with van der Waals surface area (Å²) in [5.41, 5.74) is -5.72. The molecule has 0 saturated heterocycles. The average molecular weight is 557 g/mol. The molecule has 0 bridgehead atoms. The summed E-state index contributed by atoms with van der Waals surface area (Å²) in [7, 11) is 0. The molecule has 8 atom stereocenters. The van der Waals surface area contributed by atoms with Crippen molar-refractivity contribution in [1.29, 1.82) is 0 Å². The van der Waals surface area contributed by atoms with Crippen LogP contribution in [0.5, 0.6) is 0 Å². The second-order valence-corrected chi connectivity index (χ2v) is 14.4. The topological polar surface area (TPSA) is 138 Å². The Morgan fingerprint density at radius 1 is 1.07 bits per heavy atom. The summed E-state index contributed by atoms with van der Waals surface area (Å²) < 4.78 is 5.22. The largest absolute Gasteiger partial charge is 0.505 e. The lowest BCUT2D eigenvalue weighted by Gasteiger charge is -2.63.